The number of rotatable bonds is 10. The van der Waals surface area contributed by atoms with E-state index in [4.69, 9.17) is 14.9 Å². The van der Waals surface area contributed by atoms with E-state index in [9.17, 15) is 5.11 Å². The molecule has 108 valence electrons. The second-order valence-electron chi connectivity index (χ2n) is 4.40. The van der Waals surface area contributed by atoms with Crippen LogP contribution in [0, 0.1) is 0 Å². The van der Waals surface area contributed by atoms with Gasteiger partial charge in [-0.05, 0) is 5.56 Å². The third-order valence-electron chi connectivity index (χ3n) is 2.72. The highest BCUT2D eigenvalue weighted by molar-refractivity contribution is 5.13. The second-order valence-corrected chi connectivity index (χ2v) is 4.40. The van der Waals surface area contributed by atoms with E-state index in [1.165, 1.54) is 0 Å². The number of benzene rings is 1. The highest BCUT2D eigenvalue weighted by Gasteiger charge is 2.11. The summed E-state index contributed by atoms with van der Waals surface area (Å²) >= 11 is 0. The van der Waals surface area contributed by atoms with E-state index in [1.807, 2.05) is 30.3 Å². The Morgan fingerprint density at radius 3 is 2.26 bits per heavy atom. The summed E-state index contributed by atoms with van der Waals surface area (Å²) in [5.41, 5.74) is 1.07. The van der Waals surface area contributed by atoms with Crippen LogP contribution in [0.4, 0.5) is 0 Å². The monoisotopic (exact) mass is 269 g/mol. The molecular formula is C14H23NO4. The van der Waals surface area contributed by atoms with Gasteiger partial charge in [0.1, 0.15) is 0 Å². The molecule has 3 N–H and O–H groups in total. The van der Waals surface area contributed by atoms with Crippen molar-refractivity contribution in [2.75, 3.05) is 39.5 Å². The predicted octanol–water partition coefficient (Wildman–Crippen LogP) is -0.149. The Morgan fingerprint density at radius 1 is 1.05 bits per heavy atom. The van der Waals surface area contributed by atoms with E-state index in [1.54, 1.807) is 4.90 Å². The minimum atomic E-state index is -0.623. The maximum atomic E-state index is 9.82. The maximum absolute atomic E-state index is 9.82. The summed E-state index contributed by atoms with van der Waals surface area (Å²) in [6, 6.07) is 9.77. The van der Waals surface area contributed by atoms with Crippen molar-refractivity contribution in [2.24, 2.45) is 0 Å². The van der Waals surface area contributed by atoms with E-state index >= 15 is 0 Å². The van der Waals surface area contributed by atoms with Gasteiger partial charge in [0.2, 0.25) is 0 Å². The zero-order valence-corrected chi connectivity index (χ0v) is 11.1. The third-order valence-corrected chi connectivity index (χ3v) is 2.72. The first kappa shape index (κ1) is 16.1. The van der Waals surface area contributed by atoms with Gasteiger partial charge < -0.3 is 20.1 Å². The molecule has 0 bridgehead atoms. The molecule has 1 rings (SSSR count). The summed E-state index contributed by atoms with van der Waals surface area (Å²) in [5.74, 6) is 0. The lowest BCUT2D eigenvalue weighted by molar-refractivity contribution is 0.00524. The molecule has 1 atom stereocenters. The first-order chi connectivity index (χ1) is 9.26. The van der Waals surface area contributed by atoms with Gasteiger partial charge in [0.25, 0.3) is 0 Å². The standard InChI is InChI=1S/C14H23NO4/c16-8-6-15(7-9-17)10-14(18)12-19-11-13-4-2-1-3-5-13/h1-5,14,16-18H,6-12H2. The Hall–Kier alpha value is -0.980. The Labute approximate surface area is 114 Å². The molecule has 1 unspecified atom stereocenters. The molecule has 0 aromatic heterocycles. The quantitative estimate of drug-likeness (QED) is 0.551. The van der Waals surface area contributed by atoms with Crippen molar-refractivity contribution in [1.82, 2.24) is 4.90 Å². The van der Waals surface area contributed by atoms with Crippen LogP contribution < -0.4 is 0 Å². The zero-order chi connectivity index (χ0) is 13.9. The molecule has 0 aliphatic carbocycles. The number of aliphatic hydroxyl groups excluding tert-OH is 3. The largest absolute Gasteiger partial charge is 0.395 e. The molecule has 5 heteroatoms. The van der Waals surface area contributed by atoms with Gasteiger partial charge in [0, 0.05) is 19.6 Å². The molecule has 0 aliphatic rings. The fourth-order valence-electron chi connectivity index (χ4n) is 1.82. The smallest absolute Gasteiger partial charge is 0.0900 e. The lowest BCUT2D eigenvalue weighted by Crippen LogP contribution is -2.38. The highest BCUT2D eigenvalue weighted by atomic mass is 16.5. The average molecular weight is 269 g/mol. The molecule has 0 amide bonds. The van der Waals surface area contributed by atoms with Crippen molar-refractivity contribution in [1.29, 1.82) is 0 Å². The molecule has 0 spiro atoms. The van der Waals surface area contributed by atoms with Crippen LogP contribution in [0.1, 0.15) is 5.56 Å². The van der Waals surface area contributed by atoms with E-state index in [0.717, 1.165) is 5.56 Å². The van der Waals surface area contributed by atoms with Crippen molar-refractivity contribution < 1.29 is 20.1 Å². The Kier molecular flexibility index (Phi) is 8.36. The van der Waals surface area contributed by atoms with Gasteiger partial charge in [-0.25, -0.2) is 0 Å². The minimum Gasteiger partial charge on any atom is -0.395 e. The second kappa shape index (κ2) is 9.89. The summed E-state index contributed by atoms with van der Waals surface area (Å²) in [5, 5.41) is 27.6. The van der Waals surface area contributed by atoms with Gasteiger partial charge >= 0.3 is 0 Å². The Morgan fingerprint density at radius 2 is 1.68 bits per heavy atom. The number of aliphatic hydroxyl groups is 3. The van der Waals surface area contributed by atoms with E-state index in [0.29, 0.717) is 26.2 Å². The van der Waals surface area contributed by atoms with Crippen molar-refractivity contribution in [3.63, 3.8) is 0 Å². The summed E-state index contributed by atoms with van der Waals surface area (Å²) in [6.07, 6.45) is -0.623. The molecule has 1 aromatic carbocycles. The molecule has 0 radical (unpaired) electrons. The molecule has 0 saturated carbocycles. The van der Waals surface area contributed by atoms with Crippen molar-refractivity contribution >= 4 is 0 Å². The fraction of sp³-hybridized carbons (Fsp3) is 0.571. The summed E-state index contributed by atoms with van der Waals surface area (Å²) < 4.78 is 5.44. The van der Waals surface area contributed by atoms with Gasteiger partial charge in [-0.15, -0.1) is 0 Å². The molecule has 0 aliphatic heterocycles. The minimum absolute atomic E-state index is 0.0115. The molecular weight excluding hydrogens is 246 g/mol. The molecule has 1 aromatic rings. The van der Waals surface area contributed by atoms with Crippen LogP contribution in [-0.2, 0) is 11.3 Å². The molecule has 19 heavy (non-hydrogen) atoms. The normalized spacial score (nSPS) is 12.8. The Bertz CT molecular complexity index is 314. The van der Waals surface area contributed by atoms with Crippen LogP contribution in [0.2, 0.25) is 0 Å². The third kappa shape index (κ3) is 7.25. The number of hydrogen-bond acceptors (Lipinski definition) is 5. The lowest BCUT2D eigenvalue weighted by Gasteiger charge is -2.23. The van der Waals surface area contributed by atoms with Crippen LogP contribution >= 0.6 is 0 Å². The fourth-order valence-corrected chi connectivity index (χ4v) is 1.82. The van der Waals surface area contributed by atoms with Crippen molar-refractivity contribution in [2.45, 2.75) is 12.7 Å². The van der Waals surface area contributed by atoms with E-state index in [2.05, 4.69) is 0 Å². The van der Waals surface area contributed by atoms with E-state index < -0.39 is 6.10 Å². The van der Waals surface area contributed by atoms with Crippen LogP contribution in [0.25, 0.3) is 0 Å². The van der Waals surface area contributed by atoms with Crippen LogP contribution in [0.5, 0.6) is 0 Å². The number of nitrogens with zero attached hydrogens (tertiary/aromatic N) is 1. The van der Waals surface area contributed by atoms with E-state index in [-0.39, 0.29) is 19.8 Å². The summed E-state index contributed by atoms with van der Waals surface area (Å²) in [7, 11) is 0. The average Bonchev–Trinajstić information content (AvgIpc) is 2.40. The first-order valence-corrected chi connectivity index (χ1v) is 6.50. The number of ether oxygens (including phenoxy) is 1. The SMILES string of the molecule is OCCN(CCO)CC(O)COCc1ccccc1. The molecule has 5 nitrogen and oxygen atoms in total. The highest BCUT2D eigenvalue weighted by Crippen LogP contribution is 2.01. The summed E-state index contributed by atoms with van der Waals surface area (Å²) in [4.78, 5) is 1.80. The van der Waals surface area contributed by atoms with Crippen molar-refractivity contribution in [3.05, 3.63) is 35.9 Å². The van der Waals surface area contributed by atoms with Crippen LogP contribution in [-0.4, -0.2) is 65.8 Å². The van der Waals surface area contributed by atoms with Gasteiger partial charge in [0.15, 0.2) is 0 Å². The van der Waals surface area contributed by atoms with Gasteiger partial charge in [0.05, 0.1) is 32.5 Å². The summed E-state index contributed by atoms with van der Waals surface area (Å²) in [6.45, 7) is 2.00. The predicted molar refractivity (Wildman–Crippen MR) is 72.7 cm³/mol. The van der Waals surface area contributed by atoms with Crippen molar-refractivity contribution in [3.8, 4) is 0 Å². The zero-order valence-electron chi connectivity index (χ0n) is 11.1. The van der Waals surface area contributed by atoms with Gasteiger partial charge in [-0.2, -0.15) is 0 Å². The Balaban J connectivity index is 2.20. The molecule has 0 saturated heterocycles. The lowest BCUT2D eigenvalue weighted by atomic mass is 10.2. The van der Waals surface area contributed by atoms with Gasteiger partial charge in [-0.1, -0.05) is 30.3 Å². The number of hydrogen-bond donors (Lipinski definition) is 3. The molecule has 0 heterocycles. The first-order valence-electron chi connectivity index (χ1n) is 6.50. The molecule has 0 fully saturated rings. The maximum Gasteiger partial charge on any atom is 0.0900 e. The van der Waals surface area contributed by atoms with Crippen LogP contribution in [0.3, 0.4) is 0 Å². The van der Waals surface area contributed by atoms with Crippen LogP contribution in [0.15, 0.2) is 30.3 Å². The van der Waals surface area contributed by atoms with Gasteiger partial charge in [-0.3, -0.25) is 4.90 Å². The topological polar surface area (TPSA) is 73.2 Å².